The van der Waals surface area contributed by atoms with Crippen LogP contribution in [0.2, 0.25) is 0 Å². The number of carbonyl (C=O) groups is 2. The summed E-state index contributed by atoms with van der Waals surface area (Å²) in [7, 11) is 0. The van der Waals surface area contributed by atoms with E-state index in [1.807, 2.05) is 25.7 Å². The second-order valence-corrected chi connectivity index (χ2v) is 7.02. The Hall–Kier alpha value is -2.70. The zero-order chi connectivity index (χ0) is 19.6. The van der Waals surface area contributed by atoms with Crippen LogP contribution in [0.25, 0.3) is 5.69 Å². The third-order valence-corrected chi connectivity index (χ3v) is 4.88. The molecule has 1 aliphatic rings. The SMILES string of the molecule is CCc1c(C(=O)N2CCN(C(=O)C(C)C)CC2)cnn1-c1ccc(F)cc1. The van der Waals surface area contributed by atoms with Crippen LogP contribution in [0.5, 0.6) is 0 Å². The van der Waals surface area contributed by atoms with Gasteiger partial charge in [-0.3, -0.25) is 9.59 Å². The van der Waals surface area contributed by atoms with Crippen LogP contribution in [0, 0.1) is 11.7 Å². The lowest BCUT2D eigenvalue weighted by Gasteiger charge is -2.35. The Kier molecular flexibility index (Phi) is 5.58. The van der Waals surface area contributed by atoms with E-state index in [9.17, 15) is 14.0 Å². The molecule has 0 spiro atoms. The molecule has 0 atom stereocenters. The predicted molar refractivity (Wildman–Crippen MR) is 100 cm³/mol. The number of carbonyl (C=O) groups excluding carboxylic acids is 2. The van der Waals surface area contributed by atoms with Crippen molar-refractivity contribution < 1.29 is 14.0 Å². The first-order valence-corrected chi connectivity index (χ1v) is 9.33. The highest BCUT2D eigenvalue weighted by atomic mass is 19.1. The zero-order valence-electron chi connectivity index (χ0n) is 16.0. The topological polar surface area (TPSA) is 58.4 Å². The summed E-state index contributed by atoms with van der Waals surface area (Å²) in [5.41, 5.74) is 2.08. The number of hydrogen-bond acceptors (Lipinski definition) is 3. The van der Waals surface area contributed by atoms with E-state index in [1.165, 1.54) is 12.1 Å². The van der Waals surface area contributed by atoms with Crippen molar-refractivity contribution in [3.63, 3.8) is 0 Å². The van der Waals surface area contributed by atoms with Crippen molar-refractivity contribution in [2.75, 3.05) is 26.2 Å². The highest BCUT2D eigenvalue weighted by Crippen LogP contribution is 2.19. The lowest BCUT2D eigenvalue weighted by Crippen LogP contribution is -2.51. The van der Waals surface area contributed by atoms with Gasteiger partial charge in [-0.2, -0.15) is 5.10 Å². The van der Waals surface area contributed by atoms with Crippen LogP contribution >= 0.6 is 0 Å². The molecule has 2 heterocycles. The molecule has 1 saturated heterocycles. The molecule has 6 nitrogen and oxygen atoms in total. The van der Waals surface area contributed by atoms with Gasteiger partial charge in [0.2, 0.25) is 5.91 Å². The van der Waals surface area contributed by atoms with Crippen molar-refractivity contribution in [1.29, 1.82) is 0 Å². The average molecular weight is 372 g/mol. The van der Waals surface area contributed by atoms with Crippen LogP contribution in [0.15, 0.2) is 30.5 Å². The van der Waals surface area contributed by atoms with Crippen LogP contribution in [0.4, 0.5) is 4.39 Å². The third kappa shape index (κ3) is 3.86. The number of amides is 2. The van der Waals surface area contributed by atoms with Crippen LogP contribution in [-0.4, -0.2) is 57.6 Å². The Balaban J connectivity index is 1.76. The van der Waals surface area contributed by atoms with E-state index < -0.39 is 0 Å². The van der Waals surface area contributed by atoms with E-state index in [0.29, 0.717) is 38.2 Å². The van der Waals surface area contributed by atoms with Gasteiger partial charge in [-0.05, 0) is 30.7 Å². The lowest BCUT2D eigenvalue weighted by molar-refractivity contribution is -0.135. The van der Waals surface area contributed by atoms with Crippen molar-refractivity contribution in [2.45, 2.75) is 27.2 Å². The first kappa shape index (κ1) is 19.1. The van der Waals surface area contributed by atoms with Crippen molar-refractivity contribution in [1.82, 2.24) is 19.6 Å². The van der Waals surface area contributed by atoms with E-state index >= 15 is 0 Å². The minimum Gasteiger partial charge on any atom is -0.339 e. The second-order valence-electron chi connectivity index (χ2n) is 7.02. The molecule has 1 aromatic heterocycles. The summed E-state index contributed by atoms with van der Waals surface area (Å²) in [6.45, 7) is 7.87. The van der Waals surface area contributed by atoms with Crippen LogP contribution in [0.3, 0.4) is 0 Å². The van der Waals surface area contributed by atoms with Crippen LogP contribution in [-0.2, 0) is 11.2 Å². The molecule has 0 N–H and O–H groups in total. The molecule has 2 amide bonds. The van der Waals surface area contributed by atoms with Crippen molar-refractivity contribution in [3.8, 4) is 5.69 Å². The van der Waals surface area contributed by atoms with Crippen LogP contribution < -0.4 is 0 Å². The fraction of sp³-hybridized carbons (Fsp3) is 0.450. The average Bonchev–Trinajstić information content (AvgIpc) is 3.11. The molecule has 1 aliphatic heterocycles. The summed E-state index contributed by atoms with van der Waals surface area (Å²) >= 11 is 0. The fourth-order valence-electron chi connectivity index (χ4n) is 3.36. The van der Waals surface area contributed by atoms with Gasteiger partial charge in [-0.15, -0.1) is 0 Å². The predicted octanol–water partition coefficient (Wildman–Crippen LogP) is 2.51. The fourth-order valence-corrected chi connectivity index (χ4v) is 3.36. The van der Waals surface area contributed by atoms with E-state index in [2.05, 4.69) is 5.10 Å². The van der Waals surface area contributed by atoms with E-state index in [4.69, 9.17) is 0 Å². The maximum atomic E-state index is 13.2. The molecular weight excluding hydrogens is 347 g/mol. The monoisotopic (exact) mass is 372 g/mol. The highest BCUT2D eigenvalue weighted by Gasteiger charge is 2.28. The Morgan fingerprint density at radius 2 is 1.67 bits per heavy atom. The van der Waals surface area contributed by atoms with Gasteiger partial charge >= 0.3 is 0 Å². The molecule has 144 valence electrons. The summed E-state index contributed by atoms with van der Waals surface area (Å²) in [4.78, 5) is 28.7. The van der Waals surface area contributed by atoms with E-state index in [-0.39, 0.29) is 23.5 Å². The van der Waals surface area contributed by atoms with Gasteiger partial charge in [0, 0.05) is 32.1 Å². The minimum absolute atomic E-state index is 0.0344. The molecule has 0 radical (unpaired) electrons. The first-order valence-electron chi connectivity index (χ1n) is 9.33. The summed E-state index contributed by atoms with van der Waals surface area (Å²) < 4.78 is 14.9. The minimum atomic E-state index is -0.311. The van der Waals surface area contributed by atoms with Gasteiger partial charge in [-0.1, -0.05) is 20.8 Å². The number of hydrogen-bond donors (Lipinski definition) is 0. The van der Waals surface area contributed by atoms with Gasteiger partial charge < -0.3 is 9.80 Å². The maximum absolute atomic E-state index is 13.2. The number of rotatable bonds is 4. The quantitative estimate of drug-likeness (QED) is 0.829. The number of nitrogens with zero attached hydrogens (tertiary/aromatic N) is 4. The smallest absolute Gasteiger partial charge is 0.257 e. The Morgan fingerprint density at radius 1 is 1.07 bits per heavy atom. The van der Waals surface area contributed by atoms with Crippen LogP contribution in [0.1, 0.15) is 36.8 Å². The number of benzene rings is 1. The normalized spacial score (nSPS) is 14.7. The molecule has 2 aromatic rings. The van der Waals surface area contributed by atoms with Crippen molar-refractivity contribution in [3.05, 3.63) is 47.5 Å². The molecule has 7 heteroatoms. The molecular formula is C20H25FN4O2. The molecule has 0 unspecified atom stereocenters. The van der Waals surface area contributed by atoms with Gasteiger partial charge in [0.05, 0.1) is 23.1 Å². The maximum Gasteiger partial charge on any atom is 0.257 e. The Morgan fingerprint density at radius 3 is 2.22 bits per heavy atom. The van der Waals surface area contributed by atoms with E-state index in [0.717, 1.165) is 11.4 Å². The molecule has 0 bridgehead atoms. The summed E-state index contributed by atoms with van der Waals surface area (Å²) in [5, 5.41) is 4.35. The molecule has 27 heavy (non-hydrogen) atoms. The Labute approximate surface area is 158 Å². The largest absolute Gasteiger partial charge is 0.339 e. The lowest BCUT2D eigenvalue weighted by atomic mass is 10.1. The van der Waals surface area contributed by atoms with Gasteiger partial charge in [-0.25, -0.2) is 9.07 Å². The molecule has 0 aliphatic carbocycles. The first-order chi connectivity index (χ1) is 12.9. The summed E-state index contributed by atoms with van der Waals surface area (Å²) in [6.07, 6.45) is 2.21. The van der Waals surface area contributed by atoms with E-state index in [1.54, 1.807) is 27.9 Å². The van der Waals surface area contributed by atoms with Gasteiger partial charge in [0.25, 0.3) is 5.91 Å². The molecule has 1 aromatic carbocycles. The second kappa shape index (κ2) is 7.90. The number of halogens is 1. The number of piperazine rings is 1. The zero-order valence-corrected chi connectivity index (χ0v) is 16.0. The Bertz CT molecular complexity index is 821. The number of aromatic nitrogens is 2. The van der Waals surface area contributed by atoms with Crippen molar-refractivity contribution in [2.24, 2.45) is 5.92 Å². The molecule has 3 rings (SSSR count). The van der Waals surface area contributed by atoms with Crippen molar-refractivity contribution >= 4 is 11.8 Å². The summed E-state index contributed by atoms with van der Waals surface area (Å²) in [5.74, 6) is -0.292. The standard InChI is InChI=1S/C20H25FN4O2/c1-4-18-17(13-22-25(18)16-7-5-15(21)6-8-16)20(27)24-11-9-23(10-12-24)19(26)14(2)3/h5-8,13-14H,4,9-12H2,1-3H3. The summed E-state index contributed by atoms with van der Waals surface area (Å²) in [6, 6.07) is 6.05. The van der Waals surface area contributed by atoms with Gasteiger partial charge in [0.1, 0.15) is 5.82 Å². The molecule has 0 saturated carbocycles. The third-order valence-electron chi connectivity index (χ3n) is 4.88. The van der Waals surface area contributed by atoms with Gasteiger partial charge in [0.15, 0.2) is 0 Å². The molecule has 1 fully saturated rings. The highest BCUT2D eigenvalue weighted by molar-refractivity contribution is 5.95.